The van der Waals surface area contributed by atoms with E-state index in [0.29, 0.717) is 4.88 Å². The molecule has 0 fully saturated rings. The molecule has 2 N–H and O–H groups in total. The zero-order chi connectivity index (χ0) is 24.9. The molecule has 0 aliphatic heterocycles. The Morgan fingerprint density at radius 2 is 1.89 bits per heavy atom. The maximum atomic E-state index is 11.8. The molecule has 0 radical (unpaired) electrons. The quantitative estimate of drug-likeness (QED) is 0.237. The van der Waals surface area contributed by atoms with Crippen LogP contribution in [0.25, 0.3) is 31.7 Å². The Hall–Kier alpha value is -3.49. The van der Waals surface area contributed by atoms with E-state index in [2.05, 4.69) is 47.7 Å². The molecule has 0 bridgehead atoms. The van der Waals surface area contributed by atoms with Gasteiger partial charge in [-0.2, -0.15) is 0 Å². The summed E-state index contributed by atoms with van der Waals surface area (Å²) < 4.78 is 6.52. The van der Waals surface area contributed by atoms with Gasteiger partial charge in [0.05, 0.1) is 33.6 Å². The summed E-state index contributed by atoms with van der Waals surface area (Å²) in [5, 5.41) is 8.32. The van der Waals surface area contributed by atoms with Gasteiger partial charge in [0.25, 0.3) is 0 Å². The highest BCUT2D eigenvalue weighted by Gasteiger charge is 2.16. The Labute approximate surface area is 213 Å². The lowest BCUT2D eigenvalue weighted by Crippen LogP contribution is -1.95. The Kier molecular flexibility index (Phi) is 7.63. The van der Waals surface area contributed by atoms with E-state index in [1.54, 1.807) is 25.4 Å². The summed E-state index contributed by atoms with van der Waals surface area (Å²) in [6, 6.07) is 18.1. The first-order valence-corrected chi connectivity index (χ1v) is 12.9. The van der Waals surface area contributed by atoms with E-state index in [-0.39, 0.29) is 5.78 Å². The molecule has 0 aliphatic carbocycles. The Morgan fingerprint density at radius 1 is 1.06 bits per heavy atom. The summed E-state index contributed by atoms with van der Waals surface area (Å²) in [5.74, 6) is 0.848. The van der Waals surface area contributed by atoms with Crippen LogP contribution in [0.4, 0.5) is 10.8 Å². The van der Waals surface area contributed by atoms with Crippen LogP contribution in [0.5, 0.6) is 5.75 Å². The van der Waals surface area contributed by atoms with Gasteiger partial charge in [-0.15, -0.1) is 11.3 Å². The van der Waals surface area contributed by atoms with Crippen molar-refractivity contribution < 1.29 is 9.53 Å². The van der Waals surface area contributed by atoms with Crippen LogP contribution in [-0.4, -0.2) is 36.5 Å². The van der Waals surface area contributed by atoms with Gasteiger partial charge < -0.3 is 15.4 Å². The van der Waals surface area contributed by atoms with Gasteiger partial charge in [-0.05, 0) is 55.8 Å². The standard InChI is InChI=1S/C17H16N2O2S.C10H12N2S/c1-10(20)16-15(18-2)13-7-8-14(19-17(13)22-16)11-5-4-6-12(9-11)21-3;1-3-11-10-12-8-5-4-7(2)6-9(8)13-10/h4-9,18H,1-3H3;4-6H,3H2,1-2H3,(H,11,12). The molecule has 180 valence electrons. The van der Waals surface area contributed by atoms with Gasteiger partial charge in [0.15, 0.2) is 10.9 Å². The fourth-order valence-electron chi connectivity index (χ4n) is 3.68. The summed E-state index contributed by atoms with van der Waals surface area (Å²) in [6.07, 6.45) is 0. The molecule has 0 saturated heterocycles. The van der Waals surface area contributed by atoms with E-state index in [9.17, 15) is 4.79 Å². The van der Waals surface area contributed by atoms with E-state index >= 15 is 0 Å². The van der Waals surface area contributed by atoms with Crippen molar-refractivity contribution in [3.05, 3.63) is 65.0 Å². The molecule has 0 atom stereocenters. The van der Waals surface area contributed by atoms with E-state index in [1.165, 1.54) is 21.6 Å². The summed E-state index contributed by atoms with van der Waals surface area (Å²) in [4.78, 5) is 22.5. The number of methoxy groups -OCH3 is 1. The third kappa shape index (κ3) is 5.44. The summed E-state index contributed by atoms with van der Waals surface area (Å²) in [5.41, 5.74) is 5.10. The molecule has 0 saturated carbocycles. The van der Waals surface area contributed by atoms with Gasteiger partial charge in [-0.25, -0.2) is 9.97 Å². The van der Waals surface area contributed by atoms with Crippen molar-refractivity contribution in [1.82, 2.24) is 9.97 Å². The molecular weight excluding hydrogens is 476 g/mol. The number of thiophene rings is 1. The Morgan fingerprint density at radius 3 is 2.60 bits per heavy atom. The summed E-state index contributed by atoms with van der Waals surface area (Å²) in [6.45, 7) is 6.69. The van der Waals surface area contributed by atoms with Gasteiger partial charge >= 0.3 is 0 Å². The van der Waals surface area contributed by atoms with E-state index in [1.807, 2.05) is 43.4 Å². The SMILES string of the molecule is CCNc1nc2ccc(C)cc2s1.CNc1c(C(C)=O)sc2nc(-c3cccc(OC)c3)ccc12. The van der Waals surface area contributed by atoms with Gasteiger partial charge in [-0.3, -0.25) is 4.79 Å². The number of hydrogen-bond acceptors (Lipinski definition) is 8. The highest BCUT2D eigenvalue weighted by atomic mass is 32.1. The van der Waals surface area contributed by atoms with Crippen LogP contribution in [0, 0.1) is 6.92 Å². The van der Waals surface area contributed by atoms with Crippen LogP contribution in [-0.2, 0) is 0 Å². The minimum absolute atomic E-state index is 0.0512. The van der Waals surface area contributed by atoms with Crippen molar-refractivity contribution in [3.8, 4) is 17.0 Å². The zero-order valence-electron chi connectivity index (χ0n) is 20.4. The fourth-order valence-corrected chi connectivity index (χ4v) is 5.78. The minimum Gasteiger partial charge on any atom is -0.497 e. The largest absolute Gasteiger partial charge is 0.497 e. The number of ether oxygens (including phenoxy) is 1. The minimum atomic E-state index is 0.0512. The van der Waals surface area contributed by atoms with Crippen LogP contribution < -0.4 is 15.4 Å². The zero-order valence-corrected chi connectivity index (χ0v) is 22.1. The first-order valence-electron chi connectivity index (χ1n) is 11.3. The number of anilines is 2. The molecule has 0 unspecified atom stereocenters. The van der Waals surface area contributed by atoms with Crippen molar-refractivity contribution >= 4 is 59.7 Å². The van der Waals surface area contributed by atoms with Crippen molar-refractivity contribution in [2.75, 3.05) is 31.3 Å². The smallest absolute Gasteiger partial charge is 0.183 e. The lowest BCUT2D eigenvalue weighted by atomic mass is 10.1. The molecule has 8 heteroatoms. The highest BCUT2D eigenvalue weighted by Crippen LogP contribution is 2.36. The second-order valence-electron chi connectivity index (χ2n) is 7.91. The number of aromatic nitrogens is 2. The number of ketones is 1. The predicted molar refractivity (Wildman–Crippen MR) is 150 cm³/mol. The number of hydrogen-bond donors (Lipinski definition) is 2. The number of Topliss-reactive ketones (excluding diaryl/α,β-unsaturated/α-hetero) is 1. The molecule has 3 heterocycles. The van der Waals surface area contributed by atoms with Crippen LogP contribution >= 0.6 is 22.7 Å². The lowest BCUT2D eigenvalue weighted by molar-refractivity contribution is 0.102. The molecule has 35 heavy (non-hydrogen) atoms. The number of nitrogens with zero attached hydrogens (tertiary/aromatic N) is 2. The monoisotopic (exact) mass is 504 g/mol. The van der Waals surface area contributed by atoms with Crippen molar-refractivity contribution in [3.63, 3.8) is 0 Å². The number of pyridine rings is 1. The topological polar surface area (TPSA) is 76.1 Å². The molecule has 0 spiro atoms. The van der Waals surface area contributed by atoms with E-state index in [0.717, 1.165) is 50.1 Å². The number of nitrogens with one attached hydrogen (secondary N) is 2. The number of aryl methyl sites for hydroxylation is 1. The molecular formula is C27H28N4O2S2. The van der Waals surface area contributed by atoms with Crippen LogP contribution in [0.1, 0.15) is 29.1 Å². The van der Waals surface area contributed by atoms with E-state index in [4.69, 9.17) is 9.72 Å². The summed E-state index contributed by atoms with van der Waals surface area (Å²) in [7, 11) is 3.47. The number of benzene rings is 2. The Bertz CT molecular complexity index is 1490. The second kappa shape index (κ2) is 10.8. The number of carbonyl (C=O) groups excluding carboxylic acids is 1. The first kappa shape index (κ1) is 24.6. The van der Waals surface area contributed by atoms with Gasteiger partial charge in [-0.1, -0.05) is 29.5 Å². The van der Waals surface area contributed by atoms with Gasteiger partial charge in [0, 0.05) is 31.5 Å². The van der Waals surface area contributed by atoms with Gasteiger partial charge in [0.1, 0.15) is 10.6 Å². The first-order chi connectivity index (χ1) is 16.9. The molecule has 6 nitrogen and oxygen atoms in total. The number of thiazole rings is 1. The van der Waals surface area contributed by atoms with Crippen LogP contribution in [0.3, 0.4) is 0 Å². The number of fused-ring (bicyclic) bond motifs is 2. The average molecular weight is 505 g/mol. The lowest BCUT2D eigenvalue weighted by Gasteiger charge is -2.04. The fraction of sp³-hybridized carbons (Fsp3) is 0.222. The molecule has 0 aliphatic rings. The maximum absolute atomic E-state index is 11.8. The van der Waals surface area contributed by atoms with Crippen molar-refractivity contribution in [1.29, 1.82) is 0 Å². The van der Waals surface area contributed by atoms with E-state index < -0.39 is 0 Å². The highest BCUT2D eigenvalue weighted by molar-refractivity contribution is 7.22. The predicted octanol–water partition coefficient (Wildman–Crippen LogP) is 7.25. The molecule has 2 aromatic carbocycles. The normalized spacial score (nSPS) is 10.7. The van der Waals surface area contributed by atoms with Crippen molar-refractivity contribution in [2.24, 2.45) is 0 Å². The summed E-state index contributed by atoms with van der Waals surface area (Å²) >= 11 is 3.13. The number of carbonyl (C=O) groups is 1. The number of rotatable bonds is 6. The maximum Gasteiger partial charge on any atom is 0.183 e. The second-order valence-corrected chi connectivity index (χ2v) is 9.94. The molecule has 3 aromatic heterocycles. The van der Waals surface area contributed by atoms with Crippen LogP contribution in [0.15, 0.2) is 54.6 Å². The third-order valence-corrected chi connectivity index (χ3v) is 7.54. The molecule has 5 aromatic rings. The van der Waals surface area contributed by atoms with Gasteiger partial charge in [0.2, 0.25) is 0 Å². The molecule has 0 amide bonds. The van der Waals surface area contributed by atoms with Crippen LogP contribution in [0.2, 0.25) is 0 Å². The molecule has 5 rings (SSSR count). The Balaban J connectivity index is 0.000000189. The average Bonchev–Trinajstić information content (AvgIpc) is 3.44. The third-order valence-electron chi connectivity index (χ3n) is 5.36. The van der Waals surface area contributed by atoms with Crippen molar-refractivity contribution in [2.45, 2.75) is 20.8 Å².